The minimum Gasteiger partial charge on any atom is -0.384 e. The molecule has 0 atom stereocenters. The van der Waals surface area contributed by atoms with Crippen LogP contribution in [0.1, 0.15) is 16.7 Å². The fraction of sp³-hybridized carbons (Fsp3) is 0.188. The zero-order chi connectivity index (χ0) is 14.7. The number of nitrogen functional groups attached to an aromatic ring is 1. The number of hydrogen-bond donors (Lipinski definition) is 2. The number of aryl methyl sites for hydroxylation is 1. The highest BCUT2D eigenvalue weighted by Gasteiger charge is 2.12. The summed E-state index contributed by atoms with van der Waals surface area (Å²) in [4.78, 5) is 1.90. The minimum atomic E-state index is -0.226. The molecule has 0 aromatic heterocycles. The molecule has 0 aliphatic heterocycles. The van der Waals surface area contributed by atoms with Crippen molar-refractivity contribution in [1.82, 2.24) is 0 Å². The first-order valence-electron chi connectivity index (χ1n) is 6.38. The van der Waals surface area contributed by atoms with Gasteiger partial charge in [0, 0.05) is 30.4 Å². The van der Waals surface area contributed by atoms with E-state index in [1.165, 1.54) is 6.07 Å². The Bertz CT molecular complexity index is 637. The van der Waals surface area contributed by atoms with Crippen molar-refractivity contribution in [3.05, 3.63) is 65.0 Å². The number of nitrogens with two attached hydrogens (primary N) is 1. The Labute approximate surface area is 118 Å². The fourth-order valence-corrected chi connectivity index (χ4v) is 2.15. The van der Waals surface area contributed by atoms with Gasteiger partial charge in [0.1, 0.15) is 11.7 Å². The lowest BCUT2D eigenvalue weighted by atomic mass is 10.1. The van der Waals surface area contributed by atoms with E-state index in [4.69, 9.17) is 11.1 Å². The second-order valence-electron chi connectivity index (χ2n) is 4.88. The Hall–Kier alpha value is -2.36. The number of anilines is 1. The number of nitrogens with one attached hydrogen (secondary N) is 1. The quantitative estimate of drug-likeness (QED) is 0.663. The molecule has 0 heterocycles. The molecule has 0 bridgehead atoms. The van der Waals surface area contributed by atoms with Gasteiger partial charge in [-0.3, -0.25) is 5.41 Å². The number of benzene rings is 2. The summed E-state index contributed by atoms with van der Waals surface area (Å²) < 4.78 is 13.7. The van der Waals surface area contributed by atoms with Crippen LogP contribution < -0.4 is 10.6 Å². The Kier molecular flexibility index (Phi) is 4.03. The molecule has 4 heteroatoms. The lowest BCUT2D eigenvalue weighted by Crippen LogP contribution is -2.22. The standard InChI is InChI=1S/C16H18FN3/c1-11-7-8-13(16(18)19)15(9-11)20(2)10-12-5-3-4-6-14(12)17/h3-9H,10H2,1-2H3,(H3,18,19). The van der Waals surface area contributed by atoms with Gasteiger partial charge in [-0.25, -0.2) is 4.39 Å². The summed E-state index contributed by atoms with van der Waals surface area (Å²) in [6, 6.07) is 12.4. The Morgan fingerprint density at radius 3 is 2.60 bits per heavy atom. The predicted octanol–water partition coefficient (Wildman–Crippen LogP) is 3.05. The van der Waals surface area contributed by atoms with Gasteiger partial charge in [0.2, 0.25) is 0 Å². The highest BCUT2D eigenvalue weighted by Crippen LogP contribution is 2.23. The van der Waals surface area contributed by atoms with Crippen LogP contribution in [0.2, 0.25) is 0 Å². The maximum Gasteiger partial charge on any atom is 0.128 e. The van der Waals surface area contributed by atoms with E-state index in [9.17, 15) is 4.39 Å². The molecule has 3 N–H and O–H groups in total. The van der Waals surface area contributed by atoms with Crippen LogP contribution in [0.5, 0.6) is 0 Å². The smallest absolute Gasteiger partial charge is 0.128 e. The third-order valence-corrected chi connectivity index (χ3v) is 3.22. The van der Waals surface area contributed by atoms with Crippen LogP contribution in [-0.4, -0.2) is 12.9 Å². The maximum atomic E-state index is 13.7. The third-order valence-electron chi connectivity index (χ3n) is 3.22. The fourth-order valence-electron chi connectivity index (χ4n) is 2.15. The van der Waals surface area contributed by atoms with E-state index in [1.807, 2.05) is 43.1 Å². The minimum absolute atomic E-state index is 0.0142. The van der Waals surface area contributed by atoms with E-state index >= 15 is 0 Å². The summed E-state index contributed by atoms with van der Waals surface area (Å²) >= 11 is 0. The number of nitrogens with zero attached hydrogens (tertiary/aromatic N) is 1. The SMILES string of the molecule is Cc1ccc(C(=N)N)c(N(C)Cc2ccccc2F)c1. The summed E-state index contributed by atoms with van der Waals surface area (Å²) in [5, 5.41) is 7.64. The monoisotopic (exact) mass is 271 g/mol. The number of rotatable bonds is 4. The van der Waals surface area contributed by atoms with E-state index in [0.717, 1.165) is 11.3 Å². The average molecular weight is 271 g/mol. The van der Waals surface area contributed by atoms with Gasteiger partial charge in [0.15, 0.2) is 0 Å². The summed E-state index contributed by atoms with van der Waals surface area (Å²) in [7, 11) is 1.87. The van der Waals surface area contributed by atoms with Crippen LogP contribution in [-0.2, 0) is 6.54 Å². The molecule has 2 rings (SSSR count). The topological polar surface area (TPSA) is 53.1 Å². The molecule has 0 radical (unpaired) electrons. The first-order valence-corrected chi connectivity index (χ1v) is 6.38. The molecule has 104 valence electrons. The van der Waals surface area contributed by atoms with Gasteiger partial charge in [-0.1, -0.05) is 24.3 Å². The van der Waals surface area contributed by atoms with Crippen LogP contribution in [0.15, 0.2) is 42.5 Å². The first-order chi connectivity index (χ1) is 9.49. The normalized spacial score (nSPS) is 10.3. The summed E-state index contributed by atoms with van der Waals surface area (Å²) in [5.74, 6) is -0.211. The first kappa shape index (κ1) is 14.1. The van der Waals surface area contributed by atoms with Gasteiger partial charge < -0.3 is 10.6 Å². The van der Waals surface area contributed by atoms with E-state index in [0.29, 0.717) is 17.7 Å². The van der Waals surface area contributed by atoms with Gasteiger partial charge in [-0.05, 0) is 30.7 Å². The molecule has 0 aliphatic rings. The largest absolute Gasteiger partial charge is 0.384 e. The van der Waals surface area contributed by atoms with Crippen LogP contribution in [0.25, 0.3) is 0 Å². The molecular formula is C16H18FN3. The van der Waals surface area contributed by atoms with Gasteiger partial charge in [0.25, 0.3) is 0 Å². The Morgan fingerprint density at radius 1 is 1.25 bits per heavy atom. The van der Waals surface area contributed by atoms with Crippen molar-refractivity contribution < 1.29 is 4.39 Å². The third kappa shape index (κ3) is 2.96. The molecule has 0 saturated carbocycles. The summed E-state index contributed by atoms with van der Waals surface area (Å²) in [6.45, 7) is 2.40. The summed E-state index contributed by atoms with van der Waals surface area (Å²) in [6.07, 6.45) is 0. The summed E-state index contributed by atoms with van der Waals surface area (Å²) in [5.41, 5.74) is 8.79. The average Bonchev–Trinajstić information content (AvgIpc) is 2.40. The van der Waals surface area contributed by atoms with Crippen molar-refractivity contribution in [2.45, 2.75) is 13.5 Å². The molecule has 3 nitrogen and oxygen atoms in total. The van der Waals surface area contributed by atoms with Crippen LogP contribution >= 0.6 is 0 Å². The second kappa shape index (κ2) is 5.74. The van der Waals surface area contributed by atoms with E-state index in [1.54, 1.807) is 12.1 Å². The number of amidine groups is 1. The van der Waals surface area contributed by atoms with Crippen molar-refractivity contribution in [1.29, 1.82) is 5.41 Å². The van der Waals surface area contributed by atoms with E-state index in [2.05, 4.69) is 0 Å². The molecule has 0 amide bonds. The van der Waals surface area contributed by atoms with Gasteiger partial charge >= 0.3 is 0 Å². The highest BCUT2D eigenvalue weighted by molar-refractivity contribution is 6.00. The molecule has 2 aromatic carbocycles. The lowest BCUT2D eigenvalue weighted by Gasteiger charge is -2.23. The molecule has 0 saturated heterocycles. The second-order valence-corrected chi connectivity index (χ2v) is 4.88. The van der Waals surface area contributed by atoms with Crippen LogP contribution in [0.4, 0.5) is 10.1 Å². The van der Waals surface area contributed by atoms with E-state index in [-0.39, 0.29) is 11.7 Å². The van der Waals surface area contributed by atoms with Crippen molar-refractivity contribution in [2.75, 3.05) is 11.9 Å². The van der Waals surface area contributed by atoms with Gasteiger partial charge in [-0.15, -0.1) is 0 Å². The molecular weight excluding hydrogens is 253 g/mol. The molecule has 2 aromatic rings. The Balaban J connectivity index is 2.34. The van der Waals surface area contributed by atoms with Crippen LogP contribution in [0, 0.1) is 18.2 Å². The lowest BCUT2D eigenvalue weighted by molar-refractivity contribution is 0.608. The van der Waals surface area contributed by atoms with Gasteiger partial charge in [-0.2, -0.15) is 0 Å². The zero-order valence-electron chi connectivity index (χ0n) is 11.7. The molecule has 0 unspecified atom stereocenters. The Morgan fingerprint density at radius 2 is 1.95 bits per heavy atom. The van der Waals surface area contributed by atoms with E-state index < -0.39 is 0 Å². The molecule has 20 heavy (non-hydrogen) atoms. The molecule has 0 aliphatic carbocycles. The molecule has 0 fully saturated rings. The number of hydrogen-bond acceptors (Lipinski definition) is 2. The maximum absolute atomic E-state index is 13.7. The number of halogens is 1. The zero-order valence-corrected chi connectivity index (χ0v) is 11.7. The van der Waals surface area contributed by atoms with Crippen LogP contribution in [0.3, 0.4) is 0 Å². The van der Waals surface area contributed by atoms with Crippen molar-refractivity contribution in [3.63, 3.8) is 0 Å². The van der Waals surface area contributed by atoms with Gasteiger partial charge in [0.05, 0.1) is 0 Å². The van der Waals surface area contributed by atoms with Crippen molar-refractivity contribution >= 4 is 11.5 Å². The van der Waals surface area contributed by atoms with Crippen molar-refractivity contribution in [3.8, 4) is 0 Å². The predicted molar refractivity (Wildman–Crippen MR) is 80.7 cm³/mol. The molecule has 0 spiro atoms. The highest BCUT2D eigenvalue weighted by atomic mass is 19.1. The van der Waals surface area contributed by atoms with Crippen molar-refractivity contribution in [2.24, 2.45) is 5.73 Å².